The van der Waals surface area contributed by atoms with Crippen molar-refractivity contribution in [1.29, 1.82) is 0 Å². The number of hydrogen-bond acceptors (Lipinski definition) is 3. The van der Waals surface area contributed by atoms with E-state index >= 15 is 0 Å². The number of halogens is 1. The molecule has 0 aliphatic rings. The molecule has 3 aromatic rings. The summed E-state index contributed by atoms with van der Waals surface area (Å²) in [6.45, 7) is 2.76. The predicted octanol–water partition coefficient (Wildman–Crippen LogP) is 3.61. The second-order valence-electron chi connectivity index (χ2n) is 4.13. The van der Waals surface area contributed by atoms with Crippen LogP contribution in [0.15, 0.2) is 15.9 Å². The van der Waals surface area contributed by atoms with Gasteiger partial charge in [0.2, 0.25) is 0 Å². The highest BCUT2D eigenvalue weighted by Crippen LogP contribution is 2.25. The molecule has 94 valence electrons. The van der Waals surface area contributed by atoms with Crippen molar-refractivity contribution in [2.45, 2.75) is 13.5 Å². The molecule has 3 heterocycles. The van der Waals surface area contributed by atoms with Crippen LogP contribution in [-0.2, 0) is 13.6 Å². The number of rotatable bonds is 2. The number of aryl methyl sites for hydroxylation is 2. The molecular weight excluding hydrogens is 332 g/mol. The maximum Gasteiger partial charge on any atom is 0.179 e. The van der Waals surface area contributed by atoms with Gasteiger partial charge in [0, 0.05) is 11.9 Å². The third-order valence-electron chi connectivity index (χ3n) is 2.87. The van der Waals surface area contributed by atoms with Gasteiger partial charge in [-0.05, 0) is 47.2 Å². The zero-order chi connectivity index (χ0) is 12.9. The Bertz CT molecular complexity index is 777. The summed E-state index contributed by atoms with van der Waals surface area (Å²) in [5, 5.41) is 4.41. The zero-order valence-electron chi connectivity index (χ0n) is 9.90. The molecule has 0 saturated heterocycles. The van der Waals surface area contributed by atoms with Crippen LogP contribution in [0.2, 0.25) is 0 Å². The second kappa shape index (κ2) is 4.32. The van der Waals surface area contributed by atoms with Crippen molar-refractivity contribution in [1.82, 2.24) is 19.3 Å². The van der Waals surface area contributed by atoms with Crippen LogP contribution in [-0.4, -0.2) is 19.3 Å². The summed E-state index contributed by atoms with van der Waals surface area (Å²) in [4.78, 5) is 4.49. The van der Waals surface area contributed by atoms with Crippen molar-refractivity contribution >= 4 is 50.6 Å². The molecule has 0 aliphatic heterocycles. The molecule has 0 spiro atoms. The Morgan fingerprint density at radius 3 is 2.94 bits per heavy atom. The van der Waals surface area contributed by atoms with E-state index in [2.05, 4.69) is 42.7 Å². The fourth-order valence-electron chi connectivity index (χ4n) is 2.11. The quantitative estimate of drug-likeness (QED) is 0.722. The summed E-state index contributed by atoms with van der Waals surface area (Å²) >= 11 is 10.6. The Morgan fingerprint density at radius 1 is 1.50 bits per heavy atom. The monoisotopic (exact) mass is 342 g/mol. The van der Waals surface area contributed by atoms with Gasteiger partial charge in [-0.2, -0.15) is 5.10 Å². The molecule has 0 unspecified atom stereocenters. The first kappa shape index (κ1) is 12.1. The normalized spacial score (nSPS) is 11.5. The van der Waals surface area contributed by atoms with Crippen molar-refractivity contribution in [2.75, 3.05) is 0 Å². The number of H-pyrrole nitrogens is 1. The fraction of sp³-hybridized carbons (Fsp3) is 0.273. The van der Waals surface area contributed by atoms with Crippen molar-refractivity contribution < 1.29 is 0 Å². The van der Waals surface area contributed by atoms with E-state index in [4.69, 9.17) is 12.2 Å². The van der Waals surface area contributed by atoms with Gasteiger partial charge in [0.15, 0.2) is 10.4 Å². The van der Waals surface area contributed by atoms with Gasteiger partial charge >= 0.3 is 0 Å². The van der Waals surface area contributed by atoms with E-state index in [1.54, 1.807) is 11.3 Å². The number of thiophene rings is 1. The number of fused-ring (bicyclic) bond motifs is 1. The van der Waals surface area contributed by atoms with E-state index in [9.17, 15) is 0 Å². The average Bonchev–Trinajstić information content (AvgIpc) is 2.91. The number of nitrogens with one attached hydrogen (secondary N) is 1. The lowest BCUT2D eigenvalue weighted by atomic mass is 10.4. The Labute approximate surface area is 121 Å². The lowest BCUT2D eigenvalue weighted by Gasteiger charge is -2.02. The minimum atomic E-state index is 0.741. The summed E-state index contributed by atoms with van der Waals surface area (Å²) in [5.41, 5.74) is 3.05. The van der Waals surface area contributed by atoms with Gasteiger partial charge in [0.25, 0.3) is 0 Å². The highest BCUT2D eigenvalue weighted by atomic mass is 79.9. The summed E-state index contributed by atoms with van der Waals surface area (Å²) < 4.78 is 5.84. The van der Waals surface area contributed by atoms with Crippen LogP contribution in [0.3, 0.4) is 0 Å². The Hall–Kier alpha value is -0.920. The Balaban J connectivity index is 2.16. The molecule has 4 nitrogen and oxygen atoms in total. The average molecular weight is 343 g/mol. The second-order valence-corrected chi connectivity index (χ2v) is 7.06. The van der Waals surface area contributed by atoms with Crippen LogP contribution in [0.4, 0.5) is 0 Å². The molecular formula is C11H11BrN4S2. The molecule has 0 atom stereocenters. The molecule has 0 fully saturated rings. The number of hydrogen-bond donors (Lipinski definition) is 1. The molecule has 3 aromatic heterocycles. The number of imidazole rings is 1. The van der Waals surface area contributed by atoms with Crippen LogP contribution < -0.4 is 0 Å². The van der Waals surface area contributed by atoms with Crippen molar-refractivity contribution in [3.05, 3.63) is 31.3 Å². The molecule has 3 rings (SSSR count). The van der Waals surface area contributed by atoms with Crippen LogP contribution in [0.25, 0.3) is 11.2 Å². The molecule has 18 heavy (non-hydrogen) atoms. The maximum atomic E-state index is 5.39. The van der Waals surface area contributed by atoms with Gasteiger partial charge in [-0.15, -0.1) is 11.3 Å². The number of aromatic amines is 1. The smallest absolute Gasteiger partial charge is 0.179 e. The SMILES string of the molecule is Cc1nn(C)c2c1[nH]c(=S)n2Cc1ccc(Br)s1. The Kier molecular flexibility index (Phi) is 2.91. The summed E-state index contributed by atoms with van der Waals surface area (Å²) in [7, 11) is 1.94. The van der Waals surface area contributed by atoms with E-state index in [-0.39, 0.29) is 0 Å². The van der Waals surface area contributed by atoms with E-state index in [1.165, 1.54) is 4.88 Å². The topological polar surface area (TPSA) is 38.5 Å². The van der Waals surface area contributed by atoms with Crippen molar-refractivity contribution in [3.63, 3.8) is 0 Å². The highest BCUT2D eigenvalue weighted by Gasteiger charge is 2.13. The van der Waals surface area contributed by atoms with E-state index in [1.807, 2.05) is 18.7 Å². The van der Waals surface area contributed by atoms with Gasteiger partial charge in [-0.3, -0.25) is 9.25 Å². The fourth-order valence-corrected chi connectivity index (χ4v) is 3.84. The van der Waals surface area contributed by atoms with Crippen molar-refractivity contribution in [2.24, 2.45) is 7.05 Å². The molecule has 1 N–H and O–H groups in total. The first-order chi connectivity index (χ1) is 8.56. The summed E-state index contributed by atoms with van der Waals surface area (Å²) in [6.07, 6.45) is 0. The standard InChI is InChI=1S/C11H11BrN4S2/c1-6-9-10(15(2)14-6)16(11(17)13-9)5-7-3-4-8(12)18-7/h3-4H,5H2,1-2H3,(H,13,17). The van der Waals surface area contributed by atoms with Crippen molar-refractivity contribution in [3.8, 4) is 0 Å². The number of aromatic nitrogens is 4. The summed E-state index contributed by atoms with van der Waals surface area (Å²) in [5.74, 6) is 0. The van der Waals surface area contributed by atoms with Gasteiger partial charge < -0.3 is 4.98 Å². The third kappa shape index (κ3) is 1.86. The third-order valence-corrected chi connectivity index (χ3v) is 4.80. The largest absolute Gasteiger partial charge is 0.328 e. The van der Waals surface area contributed by atoms with Crippen LogP contribution in [0.1, 0.15) is 10.6 Å². The number of nitrogens with zero attached hydrogens (tertiary/aromatic N) is 3. The van der Waals surface area contributed by atoms with Crippen LogP contribution >= 0.6 is 39.5 Å². The van der Waals surface area contributed by atoms with E-state index in [0.29, 0.717) is 0 Å². The van der Waals surface area contributed by atoms with E-state index in [0.717, 1.165) is 32.0 Å². The molecule has 0 radical (unpaired) electrons. The highest BCUT2D eigenvalue weighted by molar-refractivity contribution is 9.11. The van der Waals surface area contributed by atoms with Gasteiger partial charge in [-0.25, -0.2) is 0 Å². The molecule has 7 heteroatoms. The molecule has 0 aliphatic carbocycles. The maximum absolute atomic E-state index is 5.39. The van der Waals surface area contributed by atoms with Gasteiger partial charge in [-0.1, -0.05) is 0 Å². The first-order valence-corrected chi connectivity index (χ1v) is 7.44. The van der Waals surface area contributed by atoms with Crippen LogP contribution in [0, 0.1) is 11.7 Å². The van der Waals surface area contributed by atoms with Gasteiger partial charge in [0.1, 0.15) is 5.52 Å². The molecule has 0 saturated carbocycles. The van der Waals surface area contributed by atoms with Crippen LogP contribution in [0.5, 0.6) is 0 Å². The molecule has 0 amide bonds. The lowest BCUT2D eigenvalue weighted by molar-refractivity contribution is 0.719. The first-order valence-electron chi connectivity index (χ1n) is 5.42. The molecule has 0 aromatic carbocycles. The molecule has 0 bridgehead atoms. The van der Waals surface area contributed by atoms with E-state index < -0.39 is 0 Å². The predicted molar refractivity (Wildman–Crippen MR) is 79.7 cm³/mol. The zero-order valence-corrected chi connectivity index (χ0v) is 13.1. The summed E-state index contributed by atoms with van der Waals surface area (Å²) in [6, 6.07) is 4.17. The minimum Gasteiger partial charge on any atom is -0.328 e. The minimum absolute atomic E-state index is 0.741. The van der Waals surface area contributed by atoms with Gasteiger partial charge in [0.05, 0.1) is 16.0 Å². The Morgan fingerprint density at radius 2 is 2.28 bits per heavy atom. The lowest BCUT2D eigenvalue weighted by Crippen LogP contribution is -2.03.